The van der Waals surface area contributed by atoms with Crippen LogP contribution in [0, 0.1) is 0 Å². The molecule has 0 radical (unpaired) electrons. The van der Waals surface area contributed by atoms with Gasteiger partial charge in [0.15, 0.2) is 0 Å². The standard InChI is InChI=1S/C26H23ClN4O2/c27-20-8-6-7-18(15-20)17-28-24(32)19-11-12-22-23(16-19)29-26(30-13-4-5-14-30)31(25(22)33)21-9-2-1-3-10-21/h1-3,6-12,15-16H,4-5,13-14,17H2,(H,28,32). The Morgan fingerprint density at radius 1 is 0.970 bits per heavy atom. The molecule has 2 heterocycles. The highest BCUT2D eigenvalue weighted by Gasteiger charge is 2.21. The van der Waals surface area contributed by atoms with E-state index < -0.39 is 0 Å². The molecule has 1 amide bonds. The van der Waals surface area contributed by atoms with Gasteiger partial charge >= 0.3 is 0 Å². The molecular weight excluding hydrogens is 436 g/mol. The molecule has 1 N–H and O–H groups in total. The number of anilines is 1. The minimum atomic E-state index is -0.228. The van der Waals surface area contributed by atoms with Crippen LogP contribution in [0.15, 0.2) is 77.6 Å². The van der Waals surface area contributed by atoms with Gasteiger partial charge in [0.1, 0.15) is 0 Å². The second-order valence-electron chi connectivity index (χ2n) is 8.13. The van der Waals surface area contributed by atoms with Crippen LogP contribution in [0.5, 0.6) is 0 Å². The first-order valence-electron chi connectivity index (χ1n) is 11.0. The summed E-state index contributed by atoms with van der Waals surface area (Å²) in [4.78, 5) is 33.3. The highest BCUT2D eigenvalue weighted by Crippen LogP contribution is 2.23. The molecule has 1 fully saturated rings. The van der Waals surface area contributed by atoms with Gasteiger partial charge < -0.3 is 10.2 Å². The van der Waals surface area contributed by atoms with Crippen LogP contribution in [0.3, 0.4) is 0 Å². The van der Waals surface area contributed by atoms with E-state index in [1.54, 1.807) is 28.8 Å². The third kappa shape index (κ3) is 4.34. The Kier molecular flexibility index (Phi) is 5.84. The highest BCUT2D eigenvalue weighted by molar-refractivity contribution is 6.30. The second-order valence-corrected chi connectivity index (χ2v) is 8.56. The number of para-hydroxylation sites is 1. The van der Waals surface area contributed by atoms with Crippen molar-refractivity contribution in [3.05, 3.63) is 99.3 Å². The summed E-state index contributed by atoms with van der Waals surface area (Å²) in [5, 5.41) is 4.02. The van der Waals surface area contributed by atoms with E-state index in [0.717, 1.165) is 37.2 Å². The Bertz CT molecular complexity index is 1380. The van der Waals surface area contributed by atoms with Gasteiger partial charge in [-0.2, -0.15) is 0 Å². The fraction of sp³-hybridized carbons (Fsp3) is 0.192. The number of hydrogen-bond donors (Lipinski definition) is 1. The lowest BCUT2D eigenvalue weighted by Crippen LogP contribution is -2.30. The van der Waals surface area contributed by atoms with E-state index in [9.17, 15) is 9.59 Å². The van der Waals surface area contributed by atoms with Gasteiger partial charge in [-0.15, -0.1) is 0 Å². The number of halogens is 1. The first-order chi connectivity index (χ1) is 16.1. The second kappa shape index (κ2) is 9.08. The Morgan fingerprint density at radius 2 is 1.76 bits per heavy atom. The summed E-state index contributed by atoms with van der Waals surface area (Å²) in [6.45, 7) is 2.06. The predicted molar refractivity (Wildman–Crippen MR) is 131 cm³/mol. The monoisotopic (exact) mass is 458 g/mol. The molecule has 0 aliphatic carbocycles. The average molecular weight is 459 g/mol. The normalized spacial score (nSPS) is 13.4. The molecule has 4 aromatic rings. The lowest BCUT2D eigenvalue weighted by atomic mass is 10.1. The molecule has 7 heteroatoms. The molecular formula is C26H23ClN4O2. The molecule has 0 atom stereocenters. The van der Waals surface area contributed by atoms with Crippen molar-refractivity contribution >= 4 is 34.4 Å². The van der Waals surface area contributed by atoms with Crippen molar-refractivity contribution in [3.63, 3.8) is 0 Å². The summed E-state index contributed by atoms with van der Waals surface area (Å²) in [6.07, 6.45) is 2.13. The summed E-state index contributed by atoms with van der Waals surface area (Å²) >= 11 is 6.03. The van der Waals surface area contributed by atoms with Crippen LogP contribution < -0.4 is 15.8 Å². The maximum absolute atomic E-state index is 13.5. The Labute approximate surface area is 196 Å². The van der Waals surface area contributed by atoms with Crippen LogP contribution in [-0.4, -0.2) is 28.5 Å². The molecule has 33 heavy (non-hydrogen) atoms. The number of amides is 1. The lowest BCUT2D eigenvalue weighted by Gasteiger charge is -2.22. The van der Waals surface area contributed by atoms with Crippen LogP contribution in [0.4, 0.5) is 5.95 Å². The molecule has 166 valence electrons. The van der Waals surface area contributed by atoms with Gasteiger partial charge in [-0.1, -0.05) is 41.9 Å². The number of aromatic nitrogens is 2. The van der Waals surface area contributed by atoms with Gasteiger partial charge in [0.2, 0.25) is 5.95 Å². The van der Waals surface area contributed by atoms with E-state index in [1.165, 1.54) is 0 Å². The summed E-state index contributed by atoms with van der Waals surface area (Å²) in [6, 6.07) is 22.0. The molecule has 6 nitrogen and oxygen atoms in total. The van der Waals surface area contributed by atoms with Gasteiger partial charge in [-0.3, -0.25) is 9.59 Å². The van der Waals surface area contributed by atoms with E-state index in [0.29, 0.717) is 34.0 Å². The molecule has 1 aliphatic rings. The highest BCUT2D eigenvalue weighted by atomic mass is 35.5. The van der Waals surface area contributed by atoms with Crippen LogP contribution >= 0.6 is 11.6 Å². The minimum Gasteiger partial charge on any atom is -0.348 e. The van der Waals surface area contributed by atoms with Gasteiger partial charge in [0, 0.05) is 30.2 Å². The van der Waals surface area contributed by atoms with Crippen molar-refractivity contribution < 1.29 is 4.79 Å². The van der Waals surface area contributed by atoms with E-state index in [4.69, 9.17) is 16.6 Å². The molecule has 1 saturated heterocycles. The van der Waals surface area contributed by atoms with Crippen molar-refractivity contribution in [1.82, 2.24) is 14.9 Å². The van der Waals surface area contributed by atoms with Crippen molar-refractivity contribution in [2.24, 2.45) is 0 Å². The summed E-state index contributed by atoms with van der Waals surface area (Å²) in [5.41, 5.74) is 2.53. The van der Waals surface area contributed by atoms with E-state index in [-0.39, 0.29) is 11.5 Å². The SMILES string of the molecule is O=C(NCc1cccc(Cl)c1)c1ccc2c(=O)n(-c3ccccc3)c(N3CCCC3)nc2c1. The first-order valence-corrected chi connectivity index (χ1v) is 11.4. The van der Waals surface area contributed by atoms with Crippen LogP contribution in [0.1, 0.15) is 28.8 Å². The first kappa shape index (κ1) is 21.2. The molecule has 0 unspecified atom stereocenters. The molecule has 0 saturated carbocycles. The van der Waals surface area contributed by atoms with Gasteiger partial charge in [0.25, 0.3) is 11.5 Å². The minimum absolute atomic E-state index is 0.140. The zero-order chi connectivity index (χ0) is 22.8. The quantitative estimate of drug-likeness (QED) is 0.475. The number of fused-ring (bicyclic) bond motifs is 1. The van der Waals surface area contributed by atoms with Crippen LogP contribution in [0.2, 0.25) is 5.02 Å². The fourth-order valence-electron chi connectivity index (χ4n) is 4.19. The van der Waals surface area contributed by atoms with E-state index >= 15 is 0 Å². The zero-order valence-electron chi connectivity index (χ0n) is 18.0. The largest absolute Gasteiger partial charge is 0.348 e. The van der Waals surface area contributed by atoms with Crippen LogP contribution in [-0.2, 0) is 6.54 Å². The zero-order valence-corrected chi connectivity index (χ0v) is 18.8. The molecule has 1 aliphatic heterocycles. The maximum atomic E-state index is 13.5. The predicted octanol–water partition coefficient (Wildman–Crippen LogP) is 4.57. The number of benzene rings is 3. The van der Waals surface area contributed by atoms with Gasteiger partial charge in [0.05, 0.1) is 16.6 Å². The summed E-state index contributed by atoms with van der Waals surface area (Å²) in [7, 11) is 0. The third-order valence-electron chi connectivity index (χ3n) is 5.86. The van der Waals surface area contributed by atoms with E-state index in [2.05, 4.69) is 10.2 Å². The molecule has 0 bridgehead atoms. The molecule has 0 spiro atoms. The number of rotatable bonds is 5. The van der Waals surface area contributed by atoms with E-state index in [1.807, 2.05) is 48.5 Å². The Morgan fingerprint density at radius 3 is 2.52 bits per heavy atom. The van der Waals surface area contributed by atoms with Gasteiger partial charge in [-0.05, 0) is 60.9 Å². The van der Waals surface area contributed by atoms with Crippen LogP contribution in [0.25, 0.3) is 16.6 Å². The molecule has 3 aromatic carbocycles. The molecule has 1 aromatic heterocycles. The fourth-order valence-corrected chi connectivity index (χ4v) is 4.40. The van der Waals surface area contributed by atoms with Crippen molar-refractivity contribution in [3.8, 4) is 5.69 Å². The summed E-state index contributed by atoms with van der Waals surface area (Å²) in [5.74, 6) is 0.390. The topological polar surface area (TPSA) is 67.2 Å². The molecule has 5 rings (SSSR count). The smallest absolute Gasteiger partial charge is 0.267 e. The Balaban J connectivity index is 1.52. The lowest BCUT2D eigenvalue weighted by molar-refractivity contribution is 0.0951. The summed E-state index contributed by atoms with van der Waals surface area (Å²) < 4.78 is 1.67. The number of nitrogens with one attached hydrogen (secondary N) is 1. The van der Waals surface area contributed by atoms with Gasteiger partial charge in [-0.25, -0.2) is 9.55 Å². The van der Waals surface area contributed by atoms with Crippen molar-refractivity contribution in [2.45, 2.75) is 19.4 Å². The average Bonchev–Trinajstić information content (AvgIpc) is 3.38. The van der Waals surface area contributed by atoms with Crippen molar-refractivity contribution in [2.75, 3.05) is 18.0 Å². The number of carbonyl (C=O) groups excluding carboxylic acids is 1. The number of nitrogens with zero attached hydrogens (tertiary/aromatic N) is 3. The number of hydrogen-bond acceptors (Lipinski definition) is 4. The maximum Gasteiger partial charge on any atom is 0.267 e. The Hall–Kier alpha value is -3.64. The van der Waals surface area contributed by atoms with Crippen molar-refractivity contribution in [1.29, 1.82) is 0 Å². The number of carbonyl (C=O) groups is 1. The third-order valence-corrected chi connectivity index (χ3v) is 6.09.